The number of hydrogen-bond acceptors (Lipinski definition) is 4. The molecule has 3 rings (SSSR count). The van der Waals surface area contributed by atoms with Crippen molar-refractivity contribution in [2.75, 3.05) is 14.2 Å². The molecule has 0 saturated heterocycles. The van der Waals surface area contributed by atoms with Crippen LogP contribution in [-0.4, -0.2) is 25.4 Å². The minimum Gasteiger partial charge on any atom is -0.497 e. The van der Waals surface area contributed by atoms with Gasteiger partial charge < -0.3 is 19.9 Å². The first kappa shape index (κ1) is 16.3. The third-order valence-corrected chi connectivity index (χ3v) is 4.75. The summed E-state index contributed by atoms with van der Waals surface area (Å²) in [7, 11) is 3.28. The highest BCUT2D eigenvalue weighted by atomic mass is 79.9. The molecule has 2 aromatic rings. The van der Waals surface area contributed by atoms with E-state index in [9.17, 15) is 5.11 Å². The van der Waals surface area contributed by atoms with Crippen LogP contribution in [0.3, 0.4) is 0 Å². The number of benzene rings is 2. The van der Waals surface area contributed by atoms with Gasteiger partial charge in [0.1, 0.15) is 11.5 Å². The van der Waals surface area contributed by atoms with E-state index in [1.54, 1.807) is 14.2 Å². The Balaban J connectivity index is 1.77. The van der Waals surface area contributed by atoms with E-state index in [2.05, 4.69) is 33.4 Å². The van der Waals surface area contributed by atoms with Gasteiger partial charge in [-0.3, -0.25) is 0 Å². The monoisotopic (exact) mass is 377 g/mol. The first-order valence-electron chi connectivity index (χ1n) is 7.53. The quantitative estimate of drug-likeness (QED) is 0.839. The molecule has 1 aliphatic rings. The molecule has 0 saturated carbocycles. The minimum absolute atomic E-state index is 0.0649. The largest absolute Gasteiger partial charge is 0.497 e. The van der Waals surface area contributed by atoms with Crippen LogP contribution in [0.4, 0.5) is 0 Å². The van der Waals surface area contributed by atoms with Crippen molar-refractivity contribution in [2.45, 2.75) is 25.1 Å². The Kier molecular flexibility index (Phi) is 4.90. The van der Waals surface area contributed by atoms with Gasteiger partial charge in [0.2, 0.25) is 0 Å². The number of hydrogen-bond donors (Lipinski definition) is 2. The predicted octanol–water partition coefficient (Wildman–Crippen LogP) is 3.21. The summed E-state index contributed by atoms with van der Waals surface area (Å²) >= 11 is 3.48. The molecule has 0 radical (unpaired) electrons. The molecule has 0 bridgehead atoms. The van der Waals surface area contributed by atoms with Crippen molar-refractivity contribution in [2.24, 2.45) is 0 Å². The molecule has 0 aliphatic heterocycles. The van der Waals surface area contributed by atoms with Crippen molar-refractivity contribution in [1.29, 1.82) is 0 Å². The topological polar surface area (TPSA) is 50.7 Å². The fourth-order valence-corrected chi connectivity index (χ4v) is 3.48. The van der Waals surface area contributed by atoms with Gasteiger partial charge in [0.05, 0.1) is 26.4 Å². The maximum atomic E-state index is 10.4. The van der Waals surface area contributed by atoms with Gasteiger partial charge >= 0.3 is 0 Å². The minimum atomic E-state index is -0.413. The first-order chi connectivity index (χ1) is 11.1. The summed E-state index contributed by atoms with van der Waals surface area (Å²) in [5, 5.41) is 13.8. The number of nitrogens with one attached hydrogen (secondary N) is 1. The molecular weight excluding hydrogens is 358 g/mol. The lowest BCUT2D eigenvalue weighted by Gasteiger charge is -2.19. The fourth-order valence-electron chi connectivity index (χ4n) is 3.07. The molecule has 1 aliphatic carbocycles. The molecule has 2 N–H and O–H groups in total. The highest BCUT2D eigenvalue weighted by Crippen LogP contribution is 2.34. The number of rotatable bonds is 5. The lowest BCUT2D eigenvalue weighted by Crippen LogP contribution is -2.28. The predicted molar refractivity (Wildman–Crippen MR) is 93.0 cm³/mol. The SMILES string of the molecule is COc1ccc(CN[C@@H]2c3ccc(Br)cc3C[C@@H]2O)c(OC)c1. The molecule has 23 heavy (non-hydrogen) atoms. The van der Waals surface area contributed by atoms with Gasteiger partial charge in [-0.15, -0.1) is 0 Å². The van der Waals surface area contributed by atoms with Gasteiger partial charge in [0.25, 0.3) is 0 Å². The van der Waals surface area contributed by atoms with Crippen LogP contribution < -0.4 is 14.8 Å². The van der Waals surface area contributed by atoms with E-state index in [0.717, 1.165) is 27.1 Å². The summed E-state index contributed by atoms with van der Waals surface area (Å²) in [6, 6.07) is 11.9. The van der Waals surface area contributed by atoms with Gasteiger partial charge in [-0.05, 0) is 29.3 Å². The highest BCUT2D eigenvalue weighted by molar-refractivity contribution is 9.10. The van der Waals surface area contributed by atoms with Crippen LogP contribution in [0.2, 0.25) is 0 Å². The van der Waals surface area contributed by atoms with E-state index >= 15 is 0 Å². The van der Waals surface area contributed by atoms with Crippen LogP contribution in [0.5, 0.6) is 11.5 Å². The summed E-state index contributed by atoms with van der Waals surface area (Å²) < 4.78 is 11.7. The van der Waals surface area contributed by atoms with Crippen molar-refractivity contribution in [3.63, 3.8) is 0 Å². The standard InChI is InChI=1S/C18H20BrNO3/c1-22-14-5-3-11(17(9-14)23-2)10-20-18-15-6-4-13(19)7-12(15)8-16(18)21/h3-7,9,16,18,20-21H,8,10H2,1-2H3/t16-,18+/m0/s1. The molecule has 122 valence electrons. The van der Waals surface area contributed by atoms with Crippen LogP contribution >= 0.6 is 15.9 Å². The lowest BCUT2D eigenvalue weighted by molar-refractivity contribution is 0.140. The third kappa shape index (κ3) is 3.37. The Morgan fingerprint density at radius 2 is 2.00 bits per heavy atom. The summed E-state index contributed by atoms with van der Waals surface area (Å²) in [5.74, 6) is 1.54. The molecule has 2 aromatic carbocycles. The second-order valence-corrected chi connectivity index (χ2v) is 6.57. The molecular formula is C18H20BrNO3. The zero-order valence-corrected chi connectivity index (χ0v) is 14.8. The van der Waals surface area contributed by atoms with Crippen LogP contribution in [0.15, 0.2) is 40.9 Å². The van der Waals surface area contributed by atoms with Crippen molar-refractivity contribution in [3.8, 4) is 11.5 Å². The highest BCUT2D eigenvalue weighted by Gasteiger charge is 2.30. The number of aliphatic hydroxyl groups excluding tert-OH is 1. The maximum absolute atomic E-state index is 10.4. The van der Waals surface area contributed by atoms with Crippen molar-refractivity contribution >= 4 is 15.9 Å². The Morgan fingerprint density at radius 1 is 1.17 bits per heavy atom. The Morgan fingerprint density at radius 3 is 2.74 bits per heavy atom. The average Bonchev–Trinajstić information content (AvgIpc) is 2.87. The Bertz CT molecular complexity index is 705. The molecule has 5 heteroatoms. The lowest BCUT2D eigenvalue weighted by atomic mass is 10.1. The maximum Gasteiger partial charge on any atom is 0.127 e. The van der Waals surface area contributed by atoms with Crippen molar-refractivity contribution in [3.05, 3.63) is 57.6 Å². The second kappa shape index (κ2) is 6.91. The van der Waals surface area contributed by atoms with Gasteiger partial charge in [-0.1, -0.05) is 28.1 Å². The van der Waals surface area contributed by atoms with Crippen LogP contribution in [0, 0.1) is 0 Å². The number of halogens is 1. The summed E-state index contributed by atoms with van der Waals surface area (Å²) in [5.41, 5.74) is 3.38. The zero-order valence-electron chi connectivity index (χ0n) is 13.2. The van der Waals surface area contributed by atoms with E-state index < -0.39 is 6.10 Å². The molecule has 0 amide bonds. The number of aliphatic hydroxyl groups is 1. The average molecular weight is 378 g/mol. The van der Waals surface area contributed by atoms with E-state index in [0.29, 0.717) is 13.0 Å². The zero-order chi connectivity index (χ0) is 16.4. The van der Waals surface area contributed by atoms with Crippen LogP contribution in [-0.2, 0) is 13.0 Å². The molecule has 0 aromatic heterocycles. The Hall–Kier alpha value is -1.56. The van der Waals surface area contributed by atoms with Gasteiger partial charge in [-0.2, -0.15) is 0 Å². The summed E-state index contributed by atoms with van der Waals surface area (Å²) in [6.45, 7) is 0.615. The number of methoxy groups -OCH3 is 2. The number of fused-ring (bicyclic) bond motifs is 1. The van der Waals surface area contributed by atoms with E-state index in [4.69, 9.17) is 9.47 Å². The van der Waals surface area contributed by atoms with E-state index in [-0.39, 0.29) is 6.04 Å². The molecule has 0 unspecified atom stereocenters. The number of ether oxygens (including phenoxy) is 2. The molecule has 0 fully saturated rings. The van der Waals surface area contributed by atoms with Crippen LogP contribution in [0.1, 0.15) is 22.7 Å². The van der Waals surface area contributed by atoms with Crippen LogP contribution in [0.25, 0.3) is 0 Å². The Labute approximate surface area is 144 Å². The van der Waals surface area contributed by atoms with E-state index in [1.807, 2.05) is 24.3 Å². The third-order valence-electron chi connectivity index (χ3n) is 4.26. The molecule has 4 nitrogen and oxygen atoms in total. The molecule has 2 atom stereocenters. The summed E-state index contributed by atoms with van der Waals surface area (Å²) in [6.07, 6.45) is 0.259. The van der Waals surface area contributed by atoms with Gasteiger partial charge in [0, 0.05) is 29.1 Å². The first-order valence-corrected chi connectivity index (χ1v) is 8.32. The summed E-state index contributed by atoms with van der Waals surface area (Å²) in [4.78, 5) is 0. The molecule has 0 spiro atoms. The van der Waals surface area contributed by atoms with Gasteiger partial charge in [-0.25, -0.2) is 0 Å². The van der Waals surface area contributed by atoms with E-state index in [1.165, 1.54) is 5.56 Å². The fraction of sp³-hybridized carbons (Fsp3) is 0.333. The van der Waals surface area contributed by atoms with Gasteiger partial charge in [0.15, 0.2) is 0 Å². The second-order valence-electron chi connectivity index (χ2n) is 5.65. The molecule has 0 heterocycles. The smallest absolute Gasteiger partial charge is 0.127 e. The normalized spacial score (nSPS) is 19.5. The van der Waals surface area contributed by atoms with Crippen molar-refractivity contribution in [1.82, 2.24) is 5.32 Å². The van der Waals surface area contributed by atoms with Crippen molar-refractivity contribution < 1.29 is 14.6 Å².